The number of hydrogen-bond donors (Lipinski definition) is 0. The van der Waals surface area contributed by atoms with Crippen LogP contribution in [0, 0.1) is 12.8 Å². The van der Waals surface area contributed by atoms with E-state index in [4.69, 9.17) is 9.72 Å². The molecule has 0 aliphatic heterocycles. The number of benzene rings is 1. The lowest BCUT2D eigenvalue weighted by molar-refractivity contribution is 0.356. The number of nitrogens with zero attached hydrogens (tertiary/aromatic N) is 3. The van der Waals surface area contributed by atoms with Gasteiger partial charge < -0.3 is 9.30 Å². The Labute approximate surface area is 163 Å². The predicted molar refractivity (Wildman–Crippen MR) is 112 cm³/mol. The summed E-state index contributed by atoms with van der Waals surface area (Å²) in [7, 11) is 3.50. The van der Waals surface area contributed by atoms with E-state index in [1.165, 1.54) is 18.4 Å². The van der Waals surface area contributed by atoms with Crippen molar-refractivity contribution in [2.24, 2.45) is 13.0 Å². The zero-order chi connectivity index (χ0) is 19.1. The Morgan fingerprint density at radius 1 is 1.26 bits per heavy atom. The number of rotatable bonds is 6. The Kier molecular flexibility index (Phi) is 4.76. The van der Waals surface area contributed by atoms with E-state index in [2.05, 4.69) is 23.0 Å². The molecule has 1 saturated carbocycles. The maximum Gasteiger partial charge on any atom is 0.297 e. The minimum absolute atomic E-state index is 0.0459. The van der Waals surface area contributed by atoms with Gasteiger partial charge in [-0.05, 0) is 66.8 Å². The van der Waals surface area contributed by atoms with Gasteiger partial charge in [0, 0.05) is 31.1 Å². The Morgan fingerprint density at radius 2 is 2.04 bits per heavy atom. The molecule has 5 nitrogen and oxygen atoms in total. The highest BCUT2D eigenvalue weighted by atomic mass is 32.2. The summed E-state index contributed by atoms with van der Waals surface area (Å²) in [5, 5.41) is 0. The first-order chi connectivity index (χ1) is 13.0. The summed E-state index contributed by atoms with van der Waals surface area (Å²) in [6.07, 6.45) is 6.58. The second-order valence-electron chi connectivity index (χ2n) is 7.42. The molecule has 2 aromatic heterocycles. The molecule has 0 amide bonds. The van der Waals surface area contributed by atoms with E-state index in [0.29, 0.717) is 6.01 Å². The quantitative estimate of drug-likeness (QED) is 0.646. The van der Waals surface area contributed by atoms with E-state index in [9.17, 15) is 4.79 Å². The summed E-state index contributed by atoms with van der Waals surface area (Å²) in [5.41, 5.74) is 6.31. The highest BCUT2D eigenvalue weighted by molar-refractivity contribution is 7.97. The number of thioether (sulfide) groups is 1. The summed E-state index contributed by atoms with van der Waals surface area (Å²) >= 11 is 1.79. The van der Waals surface area contributed by atoms with Crippen LogP contribution in [0.15, 0.2) is 29.2 Å². The molecule has 1 aromatic carbocycles. The van der Waals surface area contributed by atoms with Crippen LogP contribution in [-0.2, 0) is 19.3 Å². The number of ether oxygens (including phenoxy) is 1. The highest BCUT2D eigenvalue weighted by Gasteiger charge is 2.25. The molecule has 0 saturated heterocycles. The van der Waals surface area contributed by atoms with E-state index in [0.717, 1.165) is 45.9 Å². The van der Waals surface area contributed by atoms with Gasteiger partial charge in [-0.2, -0.15) is 16.7 Å². The monoisotopic (exact) mass is 383 g/mol. The molecule has 0 radical (unpaired) electrons. The van der Waals surface area contributed by atoms with Gasteiger partial charge in [0.05, 0.1) is 18.1 Å². The van der Waals surface area contributed by atoms with Crippen molar-refractivity contribution in [3.05, 3.63) is 45.9 Å². The molecule has 1 fully saturated rings. The predicted octanol–water partition coefficient (Wildman–Crippen LogP) is 3.99. The van der Waals surface area contributed by atoms with Crippen molar-refractivity contribution < 1.29 is 4.74 Å². The third-order valence-electron chi connectivity index (χ3n) is 5.21. The molecule has 0 bridgehead atoms. The van der Waals surface area contributed by atoms with Gasteiger partial charge in [-0.3, -0.25) is 9.36 Å². The van der Waals surface area contributed by atoms with Crippen LogP contribution in [0.1, 0.15) is 24.0 Å². The highest BCUT2D eigenvalue weighted by Crippen LogP contribution is 2.36. The smallest absolute Gasteiger partial charge is 0.297 e. The van der Waals surface area contributed by atoms with Gasteiger partial charge in [0.2, 0.25) is 0 Å². The Morgan fingerprint density at radius 3 is 2.67 bits per heavy atom. The van der Waals surface area contributed by atoms with E-state index >= 15 is 0 Å². The van der Waals surface area contributed by atoms with Crippen molar-refractivity contribution in [1.82, 2.24) is 14.1 Å². The van der Waals surface area contributed by atoms with Crippen LogP contribution in [0.25, 0.3) is 22.2 Å². The van der Waals surface area contributed by atoms with Crippen LogP contribution in [0.4, 0.5) is 0 Å². The molecule has 3 aromatic rings. The summed E-state index contributed by atoms with van der Waals surface area (Å²) < 4.78 is 9.47. The summed E-state index contributed by atoms with van der Waals surface area (Å²) in [6, 6.07) is 7.06. The van der Waals surface area contributed by atoms with Gasteiger partial charge in [0.25, 0.3) is 11.6 Å². The number of methoxy groups -OCH3 is 1. The fourth-order valence-electron chi connectivity index (χ4n) is 3.63. The third-order valence-corrected chi connectivity index (χ3v) is 5.81. The van der Waals surface area contributed by atoms with E-state index in [1.807, 2.05) is 19.2 Å². The van der Waals surface area contributed by atoms with Crippen molar-refractivity contribution >= 4 is 22.8 Å². The van der Waals surface area contributed by atoms with Crippen molar-refractivity contribution in [2.45, 2.75) is 32.1 Å². The fraction of sp³-hybridized carbons (Fsp3) is 0.429. The number of pyridine rings is 1. The van der Waals surface area contributed by atoms with Crippen LogP contribution < -0.4 is 10.3 Å². The number of imidazole rings is 1. The van der Waals surface area contributed by atoms with Crippen molar-refractivity contribution in [2.75, 3.05) is 13.4 Å². The first kappa shape index (κ1) is 18.2. The van der Waals surface area contributed by atoms with Crippen molar-refractivity contribution in [3.8, 4) is 17.1 Å². The maximum atomic E-state index is 12.1. The minimum Gasteiger partial charge on any atom is -0.468 e. The minimum atomic E-state index is 0.0459. The topological polar surface area (TPSA) is 49.0 Å². The summed E-state index contributed by atoms with van der Waals surface area (Å²) in [6.45, 7) is 2.82. The second kappa shape index (κ2) is 7.08. The number of fused-ring (bicyclic) bond motifs is 1. The molecule has 4 rings (SSSR count). The number of aromatic nitrogens is 3. The lowest BCUT2D eigenvalue weighted by Gasteiger charge is -2.11. The number of aryl methyl sites for hydroxylation is 2. The largest absolute Gasteiger partial charge is 0.468 e. The van der Waals surface area contributed by atoms with Crippen LogP contribution in [0.5, 0.6) is 6.01 Å². The molecule has 0 N–H and O–H groups in total. The van der Waals surface area contributed by atoms with Gasteiger partial charge in [-0.25, -0.2) is 0 Å². The molecular weight excluding hydrogens is 358 g/mol. The van der Waals surface area contributed by atoms with Crippen LogP contribution in [-0.4, -0.2) is 27.5 Å². The molecular formula is C21H25N3O2S. The standard InChI is InChI=1S/C21H25N3O2S/c1-13-7-16(11-23(2)20(13)25)15-8-17(12-27-4)19-18(9-15)24(10-14-5-6-14)21(22-19)26-3/h7-9,11,14H,5-6,10,12H2,1-4H3. The fourth-order valence-corrected chi connectivity index (χ4v) is 4.16. The lowest BCUT2D eigenvalue weighted by atomic mass is 10.0. The normalized spacial score (nSPS) is 14.1. The molecule has 6 heteroatoms. The SMILES string of the molecule is COc1nc2c(CSC)cc(-c3cc(C)c(=O)n(C)c3)cc2n1CC1CC1. The Balaban J connectivity index is 1.94. The van der Waals surface area contributed by atoms with Gasteiger partial charge in [-0.1, -0.05) is 0 Å². The van der Waals surface area contributed by atoms with E-state index in [1.54, 1.807) is 30.5 Å². The summed E-state index contributed by atoms with van der Waals surface area (Å²) in [4.78, 5) is 16.9. The molecule has 1 aliphatic rings. The Bertz CT molecular complexity index is 1040. The molecule has 142 valence electrons. The maximum absolute atomic E-state index is 12.1. The van der Waals surface area contributed by atoms with Gasteiger partial charge in [0.15, 0.2) is 0 Å². The molecule has 0 spiro atoms. The summed E-state index contributed by atoms with van der Waals surface area (Å²) in [5.74, 6) is 1.61. The van der Waals surface area contributed by atoms with Crippen LogP contribution in [0.3, 0.4) is 0 Å². The van der Waals surface area contributed by atoms with Crippen molar-refractivity contribution in [1.29, 1.82) is 0 Å². The zero-order valence-corrected chi connectivity index (χ0v) is 17.1. The van der Waals surface area contributed by atoms with Gasteiger partial charge in [0.1, 0.15) is 0 Å². The van der Waals surface area contributed by atoms with E-state index in [-0.39, 0.29) is 5.56 Å². The Hall–Kier alpha value is -2.21. The molecule has 2 heterocycles. The zero-order valence-electron chi connectivity index (χ0n) is 16.3. The lowest BCUT2D eigenvalue weighted by Crippen LogP contribution is -2.18. The number of hydrogen-bond acceptors (Lipinski definition) is 4. The van der Waals surface area contributed by atoms with E-state index < -0.39 is 0 Å². The van der Waals surface area contributed by atoms with Crippen molar-refractivity contribution in [3.63, 3.8) is 0 Å². The molecule has 1 aliphatic carbocycles. The van der Waals surface area contributed by atoms with Crippen LogP contribution in [0.2, 0.25) is 0 Å². The van der Waals surface area contributed by atoms with Gasteiger partial charge in [-0.15, -0.1) is 0 Å². The third kappa shape index (κ3) is 3.38. The second-order valence-corrected chi connectivity index (χ2v) is 8.28. The van der Waals surface area contributed by atoms with Gasteiger partial charge >= 0.3 is 0 Å². The molecule has 0 atom stereocenters. The van der Waals surface area contributed by atoms with Crippen LogP contribution >= 0.6 is 11.8 Å². The average Bonchev–Trinajstić information content (AvgIpc) is 3.40. The first-order valence-electron chi connectivity index (χ1n) is 9.25. The average molecular weight is 384 g/mol. The first-order valence-corrected chi connectivity index (χ1v) is 10.6. The molecule has 0 unspecified atom stereocenters. The molecule has 27 heavy (non-hydrogen) atoms.